The Morgan fingerprint density at radius 2 is 1.88 bits per heavy atom. The molecule has 2 N–H and O–H groups in total. The topological polar surface area (TPSA) is 41.5 Å². The molecule has 1 heterocycles. The van der Waals surface area contributed by atoms with Gasteiger partial charge in [-0.1, -0.05) is 23.7 Å². The van der Waals surface area contributed by atoms with E-state index < -0.39 is 0 Å². The maximum atomic E-state index is 10.1. The van der Waals surface area contributed by atoms with Crippen molar-refractivity contribution in [3.05, 3.63) is 52.6 Å². The molecule has 24 heavy (non-hydrogen) atoms. The molecule has 0 bridgehead atoms. The summed E-state index contributed by atoms with van der Waals surface area (Å²) in [4.78, 5) is 0. The molecule has 3 nitrogen and oxygen atoms in total. The SMILES string of the molecule is COc1cc(Cl)ccc1-c1ccc2c(c1CO)C(C)=CC(C)(C)N2. The third-order valence-electron chi connectivity index (χ3n) is 4.35. The Balaban J connectivity index is 2.24. The molecule has 1 aliphatic heterocycles. The van der Waals surface area contributed by atoms with E-state index in [2.05, 4.69) is 38.2 Å². The average Bonchev–Trinajstić information content (AvgIpc) is 2.52. The summed E-state index contributed by atoms with van der Waals surface area (Å²) in [6, 6.07) is 9.65. The summed E-state index contributed by atoms with van der Waals surface area (Å²) in [5.74, 6) is 0.697. The monoisotopic (exact) mass is 343 g/mol. The fraction of sp³-hybridized carbons (Fsp3) is 0.300. The van der Waals surface area contributed by atoms with Crippen LogP contribution in [-0.4, -0.2) is 17.8 Å². The van der Waals surface area contributed by atoms with Crippen molar-refractivity contribution >= 4 is 22.9 Å². The van der Waals surface area contributed by atoms with Gasteiger partial charge in [-0.25, -0.2) is 0 Å². The fourth-order valence-electron chi connectivity index (χ4n) is 3.50. The first-order valence-corrected chi connectivity index (χ1v) is 8.33. The molecule has 126 valence electrons. The molecule has 2 aromatic rings. The van der Waals surface area contributed by atoms with Gasteiger partial charge in [0.25, 0.3) is 0 Å². The van der Waals surface area contributed by atoms with Crippen LogP contribution < -0.4 is 10.1 Å². The summed E-state index contributed by atoms with van der Waals surface area (Å²) in [6.45, 7) is 6.31. The molecule has 0 spiro atoms. The number of nitrogens with one attached hydrogen (secondary N) is 1. The lowest BCUT2D eigenvalue weighted by Crippen LogP contribution is -2.31. The van der Waals surface area contributed by atoms with Gasteiger partial charge in [-0.05, 0) is 61.7 Å². The van der Waals surface area contributed by atoms with Crippen molar-refractivity contribution in [3.63, 3.8) is 0 Å². The first-order chi connectivity index (χ1) is 11.4. The lowest BCUT2D eigenvalue weighted by atomic mass is 9.85. The summed E-state index contributed by atoms with van der Waals surface area (Å²) in [5.41, 5.74) is 5.93. The molecule has 0 unspecified atom stereocenters. The average molecular weight is 344 g/mol. The molecule has 2 aromatic carbocycles. The molecule has 0 aromatic heterocycles. The second-order valence-corrected chi connectivity index (χ2v) is 7.13. The van der Waals surface area contributed by atoms with Crippen molar-refractivity contribution < 1.29 is 9.84 Å². The Labute approximate surface area is 147 Å². The van der Waals surface area contributed by atoms with Gasteiger partial charge < -0.3 is 15.2 Å². The molecule has 0 fully saturated rings. The van der Waals surface area contributed by atoms with Gasteiger partial charge >= 0.3 is 0 Å². The van der Waals surface area contributed by atoms with Crippen molar-refractivity contribution in [2.45, 2.75) is 32.9 Å². The number of ether oxygens (including phenoxy) is 1. The molecule has 0 saturated carbocycles. The predicted octanol–water partition coefficient (Wildman–Crippen LogP) is 5.12. The van der Waals surface area contributed by atoms with E-state index in [0.717, 1.165) is 33.5 Å². The molecule has 1 aliphatic rings. The highest BCUT2D eigenvalue weighted by Gasteiger charge is 2.26. The Morgan fingerprint density at radius 1 is 1.17 bits per heavy atom. The third kappa shape index (κ3) is 2.90. The zero-order valence-corrected chi connectivity index (χ0v) is 15.2. The third-order valence-corrected chi connectivity index (χ3v) is 4.59. The number of hydrogen-bond donors (Lipinski definition) is 2. The fourth-order valence-corrected chi connectivity index (χ4v) is 3.67. The predicted molar refractivity (Wildman–Crippen MR) is 101 cm³/mol. The van der Waals surface area contributed by atoms with Crippen LogP contribution in [0.4, 0.5) is 5.69 Å². The minimum Gasteiger partial charge on any atom is -0.496 e. The van der Waals surface area contributed by atoms with Gasteiger partial charge in [0.1, 0.15) is 5.75 Å². The van der Waals surface area contributed by atoms with Crippen LogP contribution in [0.2, 0.25) is 5.02 Å². The first-order valence-electron chi connectivity index (χ1n) is 7.95. The van der Waals surface area contributed by atoms with Crippen molar-refractivity contribution in [1.82, 2.24) is 0 Å². The van der Waals surface area contributed by atoms with Crippen molar-refractivity contribution in [2.75, 3.05) is 12.4 Å². The quantitative estimate of drug-likeness (QED) is 0.813. The number of aliphatic hydroxyl groups excluding tert-OH is 1. The molecule has 0 aliphatic carbocycles. The number of anilines is 1. The molecule has 4 heteroatoms. The molecule has 0 amide bonds. The standard InChI is InChI=1S/C20H22ClNO2/c1-12-10-20(2,3)22-17-8-7-14(16(11-23)19(12)17)15-6-5-13(21)9-18(15)24-4/h5-10,22-23H,11H2,1-4H3. The highest BCUT2D eigenvalue weighted by atomic mass is 35.5. The number of benzene rings is 2. The van der Waals surface area contributed by atoms with E-state index >= 15 is 0 Å². The number of aliphatic hydroxyl groups is 1. The largest absolute Gasteiger partial charge is 0.496 e. The minimum absolute atomic E-state index is 0.0441. The Hall–Kier alpha value is -1.97. The van der Waals surface area contributed by atoms with Crippen LogP contribution in [-0.2, 0) is 6.61 Å². The number of rotatable bonds is 3. The zero-order chi connectivity index (χ0) is 17.5. The summed E-state index contributed by atoms with van der Waals surface area (Å²) in [7, 11) is 1.63. The van der Waals surface area contributed by atoms with Crippen molar-refractivity contribution in [3.8, 4) is 16.9 Å². The molecule has 3 rings (SSSR count). The van der Waals surface area contributed by atoms with Gasteiger partial charge in [-0.15, -0.1) is 0 Å². The van der Waals surface area contributed by atoms with Gasteiger partial charge in [0, 0.05) is 21.8 Å². The normalized spacial score (nSPS) is 15.3. The molecule has 0 radical (unpaired) electrons. The number of halogens is 1. The highest BCUT2D eigenvalue weighted by molar-refractivity contribution is 6.30. The van der Waals surface area contributed by atoms with Crippen molar-refractivity contribution in [2.24, 2.45) is 0 Å². The van der Waals surface area contributed by atoms with E-state index in [1.54, 1.807) is 13.2 Å². The van der Waals surface area contributed by atoms with E-state index in [9.17, 15) is 5.11 Å². The smallest absolute Gasteiger partial charge is 0.128 e. The Bertz CT molecular complexity index is 825. The maximum absolute atomic E-state index is 10.1. The summed E-state index contributed by atoms with van der Waals surface area (Å²) in [5, 5.41) is 14.2. The molecule has 0 atom stereocenters. The number of fused-ring (bicyclic) bond motifs is 1. The van der Waals surface area contributed by atoms with Crippen LogP contribution in [0, 0.1) is 0 Å². The van der Waals surface area contributed by atoms with Gasteiger partial charge in [0.15, 0.2) is 0 Å². The van der Waals surface area contributed by atoms with E-state index in [4.69, 9.17) is 16.3 Å². The number of allylic oxidation sites excluding steroid dienone is 1. The zero-order valence-electron chi connectivity index (χ0n) is 14.4. The van der Waals surface area contributed by atoms with Gasteiger partial charge in [-0.3, -0.25) is 0 Å². The maximum Gasteiger partial charge on any atom is 0.128 e. The first kappa shape index (κ1) is 16.9. The van der Waals surface area contributed by atoms with E-state index in [1.165, 1.54) is 0 Å². The number of methoxy groups -OCH3 is 1. The lowest BCUT2D eigenvalue weighted by Gasteiger charge is -2.33. The van der Waals surface area contributed by atoms with Crippen LogP contribution in [0.3, 0.4) is 0 Å². The second-order valence-electron chi connectivity index (χ2n) is 6.69. The minimum atomic E-state index is -0.108. The molecular formula is C20H22ClNO2. The van der Waals surface area contributed by atoms with Crippen LogP contribution in [0.25, 0.3) is 16.7 Å². The highest BCUT2D eigenvalue weighted by Crippen LogP contribution is 2.42. The van der Waals surface area contributed by atoms with E-state index in [0.29, 0.717) is 10.8 Å². The van der Waals surface area contributed by atoms with E-state index in [-0.39, 0.29) is 12.1 Å². The van der Waals surface area contributed by atoms with Crippen LogP contribution >= 0.6 is 11.6 Å². The summed E-state index contributed by atoms with van der Waals surface area (Å²) >= 11 is 6.08. The van der Waals surface area contributed by atoms with Crippen LogP contribution in [0.1, 0.15) is 31.9 Å². The molecular weight excluding hydrogens is 322 g/mol. The number of hydrogen-bond acceptors (Lipinski definition) is 3. The summed E-state index contributed by atoms with van der Waals surface area (Å²) in [6.07, 6.45) is 2.19. The van der Waals surface area contributed by atoms with Crippen LogP contribution in [0.15, 0.2) is 36.4 Å². The lowest BCUT2D eigenvalue weighted by molar-refractivity contribution is 0.282. The van der Waals surface area contributed by atoms with Crippen molar-refractivity contribution in [1.29, 1.82) is 0 Å². The summed E-state index contributed by atoms with van der Waals surface area (Å²) < 4.78 is 5.49. The Morgan fingerprint density at radius 3 is 2.54 bits per heavy atom. The van der Waals surface area contributed by atoms with Gasteiger partial charge in [-0.2, -0.15) is 0 Å². The van der Waals surface area contributed by atoms with E-state index in [1.807, 2.05) is 18.2 Å². The molecule has 0 saturated heterocycles. The Kier molecular flexibility index (Phi) is 4.33. The van der Waals surface area contributed by atoms with Gasteiger partial charge in [0.05, 0.1) is 19.3 Å². The van der Waals surface area contributed by atoms with Crippen LogP contribution in [0.5, 0.6) is 5.75 Å². The van der Waals surface area contributed by atoms with Gasteiger partial charge in [0.2, 0.25) is 0 Å². The second kappa shape index (κ2) is 6.15.